The molecule has 178 valence electrons. The first kappa shape index (κ1) is 24.2. The maximum absolute atomic E-state index is 10.8. The molecule has 2 fully saturated rings. The summed E-state index contributed by atoms with van der Waals surface area (Å²) in [7, 11) is 0. The van der Waals surface area contributed by atoms with Gasteiger partial charge in [-0.1, -0.05) is 66.5 Å². The standard InChI is InChI=1S/C29H50OS/c1-19(2)31-18-14-20(3)21-11-16-29(8)23-9-10-24-26(4,5)25(30)13-15-27(24,6)22(23)12-17-28(21,29)7/h19-21,24-25,30H,9-18H2,1-8H3/t20-,21?,24?,25?,27?,28?,29+/m1/s1. The first-order valence-electron chi connectivity index (χ1n) is 13.4. The number of hydrogen-bond acceptors (Lipinski definition) is 2. The van der Waals surface area contributed by atoms with E-state index in [1.165, 1.54) is 57.1 Å². The second-order valence-electron chi connectivity index (χ2n) is 13.4. The SMILES string of the molecule is CC(C)SCC[C@@H](C)C1CC[C@@]2(C)C3=C(CCC12C)C1(C)CCC(O)C(C)(C)C1CC3. The van der Waals surface area contributed by atoms with Crippen molar-refractivity contribution in [3.63, 3.8) is 0 Å². The van der Waals surface area contributed by atoms with E-state index in [1.807, 2.05) is 11.1 Å². The lowest BCUT2D eigenvalue weighted by molar-refractivity contribution is -0.0962. The highest BCUT2D eigenvalue weighted by atomic mass is 32.2. The lowest BCUT2D eigenvalue weighted by atomic mass is 9.43. The monoisotopic (exact) mass is 446 g/mol. The molecule has 4 rings (SSSR count). The van der Waals surface area contributed by atoms with Crippen molar-refractivity contribution >= 4 is 11.8 Å². The number of aliphatic hydroxyl groups excluding tert-OH is 1. The van der Waals surface area contributed by atoms with Crippen LogP contribution in [-0.2, 0) is 0 Å². The summed E-state index contributed by atoms with van der Waals surface area (Å²) in [5.41, 5.74) is 4.98. The molecule has 0 aliphatic heterocycles. The van der Waals surface area contributed by atoms with E-state index in [-0.39, 0.29) is 11.5 Å². The lowest BCUT2D eigenvalue weighted by Crippen LogP contribution is -2.55. The van der Waals surface area contributed by atoms with Crippen LogP contribution in [0, 0.1) is 39.4 Å². The molecular weight excluding hydrogens is 396 g/mol. The minimum atomic E-state index is -0.127. The molecule has 0 aromatic rings. The third-order valence-electron chi connectivity index (χ3n) is 11.5. The van der Waals surface area contributed by atoms with Crippen LogP contribution in [-0.4, -0.2) is 22.2 Å². The first-order valence-corrected chi connectivity index (χ1v) is 14.5. The lowest BCUT2D eigenvalue weighted by Gasteiger charge is -2.62. The Kier molecular flexibility index (Phi) is 6.30. The number of thioether (sulfide) groups is 1. The van der Waals surface area contributed by atoms with E-state index in [2.05, 4.69) is 67.2 Å². The molecule has 31 heavy (non-hydrogen) atoms. The van der Waals surface area contributed by atoms with E-state index in [4.69, 9.17) is 0 Å². The predicted molar refractivity (Wildman–Crippen MR) is 136 cm³/mol. The van der Waals surface area contributed by atoms with Crippen LogP contribution in [0.25, 0.3) is 0 Å². The van der Waals surface area contributed by atoms with E-state index < -0.39 is 0 Å². The molecule has 0 bridgehead atoms. The Labute approximate surface area is 197 Å². The number of rotatable bonds is 5. The zero-order chi connectivity index (χ0) is 22.8. The third kappa shape index (κ3) is 3.51. The molecule has 2 heteroatoms. The fourth-order valence-electron chi connectivity index (χ4n) is 9.32. The topological polar surface area (TPSA) is 20.2 Å². The zero-order valence-corrected chi connectivity index (χ0v) is 22.6. The van der Waals surface area contributed by atoms with Crippen molar-refractivity contribution in [1.82, 2.24) is 0 Å². The third-order valence-corrected chi connectivity index (χ3v) is 12.6. The van der Waals surface area contributed by atoms with Gasteiger partial charge in [-0.15, -0.1) is 0 Å². The summed E-state index contributed by atoms with van der Waals surface area (Å²) in [6.07, 6.45) is 11.6. The van der Waals surface area contributed by atoms with Crippen LogP contribution >= 0.6 is 11.8 Å². The van der Waals surface area contributed by atoms with Gasteiger partial charge in [0.05, 0.1) is 6.10 Å². The summed E-state index contributed by atoms with van der Waals surface area (Å²) < 4.78 is 0. The molecule has 1 N–H and O–H groups in total. The molecule has 4 aliphatic rings. The summed E-state index contributed by atoms with van der Waals surface area (Å²) in [4.78, 5) is 0. The van der Waals surface area contributed by atoms with Crippen molar-refractivity contribution < 1.29 is 5.11 Å². The fourth-order valence-corrected chi connectivity index (χ4v) is 10.3. The summed E-state index contributed by atoms with van der Waals surface area (Å²) in [6.45, 7) is 19.9. The molecule has 0 heterocycles. The smallest absolute Gasteiger partial charge is 0.0594 e. The summed E-state index contributed by atoms with van der Waals surface area (Å²) >= 11 is 2.15. The molecule has 1 nitrogen and oxygen atoms in total. The number of aliphatic hydroxyl groups is 1. The molecule has 0 amide bonds. The van der Waals surface area contributed by atoms with Crippen LogP contribution < -0.4 is 0 Å². The highest BCUT2D eigenvalue weighted by Crippen LogP contribution is 2.72. The molecule has 7 atom stereocenters. The Morgan fingerprint density at radius 2 is 1.61 bits per heavy atom. The molecule has 0 spiro atoms. The van der Waals surface area contributed by atoms with Gasteiger partial charge in [0.2, 0.25) is 0 Å². The van der Waals surface area contributed by atoms with Gasteiger partial charge in [-0.05, 0) is 108 Å². The van der Waals surface area contributed by atoms with E-state index in [9.17, 15) is 5.11 Å². The van der Waals surface area contributed by atoms with E-state index in [0.717, 1.165) is 23.5 Å². The largest absolute Gasteiger partial charge is 0.393 e. The maximum Gasteiger partial charge on any atom is 0.0594 e. The van der Waals surface area contributed by atoms with Crippen molar-refractivity contribution in [2.24, 2.45) is 39.4 Å². The summed E-state index contributed by atoms with van der Waals surface area (Å²) in [6, 6.07) is 0. The van der Waals surface area contributed by atoms with Gasteiger partial charge in [0.15, 0.2) is 0 Å². The van der Waals surface area contributed by atoms with E-state index in [1.54, 1.807) is 0 Å². The Hall–Kier alpha value is 0.0500. The number of fused-ring (bicyclic) bond motifs is 4. The molecule has 4 aliphatic carbocycles. The number of hydrogen-bond donors (Lipinski definition) is 1. The maximum atomic E-state index is 10.8. The normalized spacial score (nSPS) is 45.3. The van der Waals surface area contributed by atoms with Gasteiger partial charge >= 0.3 is 0 Å². The first-order chi connectivity index (χ1) is 14.4. The second kappa shape index (κ2) is 8.07. The average molecular weight is 447 g/mol. The Balaban J connectivity index is 1.63. The van der Waals surface area contributed by atoms with Crippen molar-refractivity contribution in [3.8, 4) is 0 Å². The average Bonchev–Trinajstić information content (AvgIpc) is 2.96. The van der Waals surface area contributed by atoms with Crippen LogP contribution in [0.15, 0.2) is 11.1 Å². The van der Waals surface area contributed by atoms with Crippen molar-refractivity contribution in [1.29, 1.82) is 0 Å². The Bertz CT molecular complexity index is 722. The van der Waals surface area contributed by atoms with Gasteiger partial charge < -0.3 is 5.11 Å². The minimum Gasteiger partial charge on any atom is -0.393 e. The second-order valence-corrected chi connectivity index (χ2v) is 15.1. The van der Waals surface area contributed by atoms with E-state index in [0.29, 0.717) is 22.2 Å². The highest BCUT2D eigenvalue weighted by molar-refractivity contribution is 7.99. The van der Waals surface area contributed by atoms with Gasteiger partial charge in [0.1, 0.15) is 0 Å². The van der Waals surface area contributed by atoms with Gasteiger partial charge in [-0.3, -0.25) is 0 Å². The van der Waals surface area contributed by atoms with Crippen molar-refractivity contribution in [2.75, 3.05) is 5.75 Å². The molecule has 0 aromatic carbocycles. The summed E-state index contributed by atoms with van der Waals surface area (Å²) in [5.74, 6) is 3.69. The van der Waals surface area contributed by atoms with Gasteiger partial charge in [-0.2, -0.15) is 11.8 Å². The predicted octanol–water partition coefficient (Wildman–Crippen LogP) is 8.26. The van der Waals surface area contributed by atoms with E-state index >= 15 is 0 Å². The molecule has 5 unspecified atom stereocenters. The molecule has 0 aromatic heterocycles. The van der Waals surface area contributed by atoms with Crippen LogP contribution in [0.2, 0.25) is 0 Å². The molecule has 2 saturated carbocycles. The zero-order valence-electron chi connectivity index (χ0n) is 21.8. The minimum absolute atomic E-state index is 0.0496. The molecule has 0 radical (unpaired) electrons. The van der Waals surface area contributed by atoms with Crippen LogP contribution in [0.1, 0.15) is 113 Å². The number of allylic oxidation sites excluding steroid dienone is 2. The molecule has 0 saturated heterocycles. The quantitative estimate of drug-likeness (QED) is 0.429. The highest BCUT2D eigenvalue weighted by Gasteiger charge is 2.63. The van der Waals surface area contributed by atoms with Crippen LogP contribution in [0.5, 0.6) is 0 Å². The van der Waals surface area contributed by atoms with Crippen molar-refractivity contribution in [2.45, 2.75) is 125 Å². The molecular formula is C29H50OS. The van der Waals surface area contributed by atoms with Gasteiger partial charge in [0, 0.05) is 0 Å². The fraction of sp³-hybridized carbons (Fsp3) is 0.931. The Morgan fingerprint density at radius 3 is 2.29 bits per heavy atom. The van der Waals surface area contributed by atoms with Crippen LogP contribution in [0.3, 0.4) is 0 Å². The van der Waals surface area contributed by atoms with Crippen molar-refractivity contribution in [3.05, 3.63) is 11.1 Å². The van der Waals surface area contributed by atoms with Gasteiger partial charge in [-0.25, -0.2) is 0 Å². The Morgan fingerprint density at radius 1 is 0.903 bits per heavy atom. The van der Waals surface area contributed by atoms with Crippen LogP contribution in [0.4, 0.5) is 0 Å². The summed E-state index contributed by atoms with van der Waals surface area (Å²) in [5, 5.41) is 11.6. The van der Waals surface area contributed by atoms with Gasteiger partial charge in [0.25, 0.3) is 0 Å².